The number of ether oxygens (including phenoxy) is 1. The van der Waals surface area contributed by atoms with Crippen molar-refractivity contribution in [2.75, 3.05) is 7.11 Å². The zero-order chi connectivity index (χ0) is 13.4. The van der Waals surface area contributed by atoms with Gasteiger partial charge in [-0.05, 0) is 22.5 Å². The molecule has 17 heavy (non-hydrogen) atoms. The van der Waals surface area contributed by atoms with Crippen molar-refractivity contribution in [3.63, 3.8) is 0 Å². The zero-order valence-corrected chi connectivity index (χ0v) is 14.7. The lowest BCUT2D eigenvalue weighted by atomic mass is 10.3. The lowest BCUT2D eigenvalue weighted by molar-refractivity contribution is 0.415. The first-order valence-electron chi connectivity index (χ1n) is 5.96. The normalized spacial score (nSPS) is 12.7. The molecule has 0 aliphatic heterocycles. The number of methoxy groups -OCH3 is 1. The number of hydrogen-bond acceptors (Lipinski definition) is 1. The molecule has 1 aromatic rings. The summed E-state index contributed by atoms with van der Waals surface area (Å²) >= 11 is 6.62. The maximum atomic E-state index is 6.62. The molecular weight excluding hydrogens is 264 g/mol. The Morgan fingerprint density at radius 2 is 1.24 bits per heavy atom. The van der Waals surface area contributed by atoms with Gasteiger partial charge in [-0.1, -0.05) is 50.9 Å². The van der Waals surface area contributed by atoms with Gasteiger partial charge in [-0.15, -0.1) is 0 Å². The highest BCUT2D eigenvalue weighted by atomic mass is 35.5. The smallest absolute Gasteiger partial charge is 0.118 e. The molecule has 0 bridgehead atoms. The molecule has 1 rings (SSSR count). The second-order valence-electron chi connectivity index (χ2n) is 6.54. The first kappa shape index (κ1) is 14.8. The molecule has 96 valence electrons. The first-order valence-corrected chi connectivity index (χ1v) is 13.3. The Morgan fingerprint density at radius 1 is 0.882 bits per heavy atom. The Bertz CT molecular complexity index is 381. The van der Waals surface area contributed by atoms with Gasteiger partial charge in [-0.2, -0.15) is 0 Å². The molecule has 1 nitrogen and oxygen atoms in total. The first-order chi connectivity index (χ1) is 7.57. The van der Waals surface area contributed by atoms with E-state index in [1.54, 1.807) is 7.11 Å². The van der Waals surface area contributed by atoms with Gasteiger partial charge in [-0.3, -0.25) is 0 Å². The van der Waals surface area contributed by atoms with Gasteiger partial charge in [-0.25, -0.2) is 0 Å². The Kier molecular flexibility index (Phi) is 4.17. The van der Waals surface area contributed by atoms with Crippen LogP contribution in [-0.4, -0.2) is 23.3 Å². The van der Waals surface area contributed by atoms with Gasteiger partial charge in [0, 0.05) is 5.02 Å². The molecular formula is C13H23ClOSi2. The van der Waals surface area contributed by atoms with Gasteiger partial charge in [0.25, 0.3) is 0 Å². The fourth-order valence-corrected chi connectivity index (χ4v) is 6.48. The lowest BCUT2D eigenvalue weighted by Gasteiger charge is -2.26. The summed E-state index contributed by atoms with van der Waals surface area (Å²) in [5.41, 5.74) is 0. The van der Waals surface area contributed by atoms with Crippen molar-refractivity contribution >= 4 is 38.1 Å². The molecule has 0 spiro atoms. The molecule has 0 N–H and O–H groups in total. The van der Waals surface area contributed by atoms with Gasteiger partial charge in [0.15, 0.2) is 0 Å². The minimum Gasteiger partial charge on any atom is -0.497 e. The summed E-state index contributed by atoms with van der Waals surface area (Å²) in [7, 11) is -1.12. The summed E-state index contributed by atoms with van der Waals surface area (Å²) in [6.07, 6.45) is 0. The Hall–Kier alpha value is -0.256. The van der Waals surface area contributed by atoms with Crippen LogP contribution in [0.2, 0.25) is 44.3 Å². The molecule has 0 amide bonds. The van der Waals surface area contributed by atoms with E-state index in [1.165, 1.54) is 10.4 Å². The molecule has 0 fully saturated rings. The third kappa shape index (κ3) is 3.36. The van der Waals surface area contributed by atoms with Crippen molar-refractivity contribution in [3.8, 4) is 5.75 Å². The number of rotatable bonds is 3. The molecule has 0 saturated carbocycles. The van der Waals surface area contributed by atoms with E-state index >= 15 is 0 Å². The van der Waals surface area contributed by atoms with Gasteiger partial charge in [0.2, 0.25) is 0 Å². The third-order valence-corrected chi connectivity index (χ3v) is 7.64. The predicted octanol–water partition coefficient (Wildman–Crippen LogP) is 3.44. The van der Waals surface area contributed by atoms with Crippen molar-refractivity contribution in [1.82, 2.24) is 0 Å². The number of benzene rings is 1. The van der Waals surface area contributed by atoms with Crippen LogP contribution in [0.4, 0.5) is 0 Å². The molecule has 0 aliphatic rings. The molecule has 1 aromatic carbocycles. The molecule has 0 unspecified atom stereocenters. The maximum Gasteiger partial charge on any atom is 0.118 e. The predicted molar refractivity (Wildman–Crippen MR) is 84.0 cm³/mol. The number of hydrogen-bond donors (Lipinski definition) is 0. The van der Waals surface area contributed by atoms with Gasteiger partial charge in [0.1, 0.15) is 5.75 Å². The van der Waals surface area contributed by atoms with Crippen molar-refractivity contribution in [3.05, 3.63) is 17.2 Å². The van der Waals surface area contributed by atoms with E-state index in [2.05, 4.69) is 51.4 Å². The summed E-state index contributed by atoms with van der Waals surface area (Å²) in [4.78, 5) is 0. The van der Waals surface area contributed by atoms with Crippen LogP contribution in [0.15, 0.2) is 12.1 Å². The molecule has 0 aromatic heterocycles. The Labute approximate surface area is 112 Å². The summed E-state index contributed by atoms with van der Waals surface area (Å²) in [5, 5.41) is 3.62. The molecule has 0 aliphatic carbocycles. The van der Waals surface area contributed by atoms with Gasteiger partial charge < -0.3 is 4.74 Å². The summed E-state index contributed by atoms with van der Waals surface area (Å²) in [6, 6.07) is 4.25. The standard InChI is InChI=1S/C13H23ClOSi2/c1-15-10-8-11(16(2,3)4)13(14)12(9-10)17(5,6)7/h8-9H,1-7H3. The van der Waals surface area contributed by atoms with Gasteiger partial charge in [0.05, 0.1) is 23.3 Å². The second-order valence-corrected chi connectivity index (χ2v) is 17.0. The minimum atomic E-state index is -1.43. The third-order valence-electron chi connectivity index (χ3n) is 2.90. The summed E-state index contributed by atoms with van der Waals surface area (Å²) in [5.74, 6) is 0.948. The van der Waals surface area contributed by atoms with E-state index in [0.717, 1.165) is 10.8 Å². The van der Waals surface area contributed by atoms with Crippen LogP contribution in [0.25, 0.3) is 0 Å². The van der Waals surface area contributed by atoms with Crippen molar-refractivity contribution in [1.29, 1.82) is 0 Å². The van der Waals surface area contributed by atoms with Crippen molar-refractivity contribution in [2.24, 2.45) is 0 Å². The molecule has 4 heteroatoms. The minimum absolute atomic E-state index is 0.948. The van der Waals surface area contributed by atoms with E-state index in [-0.39, 0.29) is 0 Å². The SMILES string of the molecule is COc1cc([Si](C)(C)C)c(Cl)c([Si](C)(C)C)c1. The van der Waals surface area contributed by atoms with Crippen molar-refractivity contribution < 1.29 is 4.74 Å². The van der Waals surface area contributed by atoms with E-state index in [4.69, 9.17) is 16.3 Å². The topological polar surface area (TPSA) is 9.23 Å². The summed E-state index contributed by atoms with van der Waals surface area (Å²) < 4.78 is 5.43. The monoisotopic (exact) mass is 286 g/mol. The van der Waals surface area contributed by atoms with Crippen LogP contribution < -0.4 is 15.1 Å². The quantitative estimate of drug-likeness (QED) is 0.774. The molecule has 0 heterocycles. The fourth-order valence-electron chi connectivity index (χ4n) is 1.81. The average Bonchev–Trinajstić information content (AvgIpc) is 2.14. The van der Waals surface area contributed by atoms with Crippen LogP contribution in [0.5, 0.6) is 5.75 Å². The van der Waals surface area contributed by atoms with Crippen LogP contribution >= 0.6 is 11.6 Å². The van der Waals surface area contributed by atoms with E-state index in [9.17, 15) is 0 Å². The zero-order valence-electron chi connectivity index (χ0n) is 11.9. The lowest BCUT2D eigenvalue weighted by Crippen LogP contribution is -2.46. The molecule has 0 atom stereocenters. The van der Waals surface area contributed by atoms with Crippen LogP contribution in [-0.2, 0) is 0 Å². The Morgan fingerprint density at radius 3 is 1.47 bits per heavy atom. The Balaban J connectivity index is 3.53. The van der Waals surface area contributed by atoms with E-state index in [0.29, 0.717) is 0 Å². The fraction of sp³-hybridized carbons (Fsp3) is 0.538. The van der Waals surface area contributed by atoms with Gasteiger partial charge >= 0.3 is 0 Å². The number of halogens is 1. The van der Waals surface area contributed by atoms with E-state index < -0.39 is 16.1 Å². The van der Waals surface area contributed by atoms with Crippen molar-refractivity contribution in [2.45, 2.75) is 39.3 Å². The van der Waals surface area contributed by atoms with Crippen LogP contribution in [0, 0.1) is 0 Å². The highest BCUT2D eigenvalue weighted by Crippen LogP contribution is 2.20. The average molecular weight is 287 g/mol. The van der Waals surface area contributed by atoms with Crippen LogP contribution in [0.1, 0.15) is 0 Å². The second kappa shape index (κ2) is 4.78. The maximum absolute atomic E-state index is 6.62. The van der Waals surface area contributed by atoms with Crippen LogP contribution in [0.3, 0.4) is 0 Å². The molecule has 0 radical (unpaired) electrons. The summed E-state index contributed by atoms with van der Waals surface area (Å²) in [6.45, 7) is 13.9. The highest BCUT2D eigenvalue weighted by Gasteiger charge is 2.27. The highest BCUT2D eigenvalue weighted by molar-refractivity contribution is 6.94. The largest absolute Gasteiger partial charge is 0.497 e. The molecule has 0 saturated heterocycles. The van der Waals surface area contributed by atoms with E-state index in [1.807, 2.05) is 0 Å².